The van der Waals surface area contributed by atoms with E-state index in [0.717, 1.165) is 17.1 Å². The number of anilines is 3. The highest BCUT2D eigenvalue weighted by molar-refractivity contribution is 6.15. The molecule has 0 saturated heterocycles. The highest BCUT2D eigenvalue weighted by atomic mass is 15.1. The summed E-state index contributed by atoms with van der Waals surface area (Å²) in [5.74, 6) is 0. The maximum Gasteiger partial charge on any atom is 0.0540 e. The van der Waals surface area contributed by atoms with E-state index in [-0.39, 0.29) is 0 Å². The van der Waals surface area contributed by atoms with Gasteiger partial charge in [0, 0.05) is 16.9 Å². The Morgan fingerprint density at radius 1 is 0.277 bits per heavy atom. The summed E-state index contributed by atoms with van der Waals surface area (Å²) >= 11 is 0. The molecule has 0 saturated carbocycles. The molecule has 47 heavy (non-hydrogen) atoms. The summed E-state index contributed by atoms with van der Waals surface area (Å²) in [6.45, 7) is 0. The second kappa shape index (κ2) is 10.2. The molecule has 0 unspecified atom stereocenters. The Morgan fingerprint density at radius 2 is 0.830 bits per heavy atom. The number of para-hydroxylation sites is 2. The van der Waals surface area contributed by atoms with Crippen LogP contribution in [0.5, 0.6) is 0 Å². The Kier molecular flexibility index (Phi) is 5.64. The number of rotatable bonds is 4. The van der Waals surface area contributed by atoms with Gasteiger partial charge in [0.2, 0.25) is 0 Å². The molecule has 218 valence electrons. The van der Waals surface area contributed by atoms with Crippen molar-refractivity contribution in [3.63, 3.8) is 0 Å². The zero-order valence-corrected chi connectivity index (χ0v) is 25.7. The van der Waals surface area contributed by atoms with E-state index in [0.29, 0.717) is 0 Å². The standard InChI is InChI=1S/C46H29N/c1-2-14-33(15-3-1)47(44-23-9-8-16-35(44)32-25-24-30-12-4-5-13-31(30)28-32)34-26-27-37-40-20-11-21-41-42-22-10-19-39(46(42)43(37)29-34)36-17-6-7-18-38(36)45(40)41/h1-29H. The highest BCUT2D eigenvalue weighted by Crippen LogP contribution is 2.57. The molecule has 1 heteroatoms. The van der Waals surface area contributed by atoms with Crippen LogP contribution in [0.1, 0.15) is 0 Å². The lowest BCUT2D eigenvalue weighted by Crippen LogP contribution is -2.11. The molecule has 2 aliphatic rings. The topological polar surface area (TPSA) is 3.24 Å². The first-order valence-corrected chi connectivity index (χ1v) is 16.3. The Hall–Kier alpha value is -6.18. The van der Waals surface area contributed by atoms with Crippen molar-refractivity contribution in [3.05, 3.63) is 176 Å². The maximum atomic E-state index is 2.43. The van der Waals surface area contributed by atoms with E-state index in [2.05, 4.69) is 181 Å². The second-order valence-corrected chi connectivity index (χ2v) is 12.5. The van der Waals surface area contributed by atoms with Crippen molar-refractivity contribution < 1.29 is 0 Å². The van der Waals surface area contributed by atoms with Crippen LogP contribution in [-0.2, 0) is 0 Å². The SMILES string of the molecule is c1ccc(N(c2ccc3c(c2)-c2c4cccc2-c2cccc-3c2-c2ccccc2-4)c2ccccc2-c2ccc3ccccc3c2)cc1. The molecule has 6 bridgehead atoms. The quantitative estimate of drug-likeness (QED) is 0.196. The first-order valence-electron chi connectivity index (χ1n) is 16.3. The van der Waals surface area contributed by atoms with E-state index in [9.17, 15) is 0 Å². The van der Waals surface area contributed by atoms with Crippen LogP contribution in [0.25, 0.3) is 77.5 Å². The van der Waals surface area contributed by atoms with Gasteiger partial charge in [-0.1, -0.05) is 140 Å². The van der Waals surface area contributed by atoms with Gasteiger partial charge in [-0.2, -0.15) is 0 Å². The van der Waals surface area contributed by atoms with Gasteiger partial charge in [0.15, 0.2) is 0 Å². The minimum Gasteiger partial charge on any atom is -0.310 e. The predicted octanol–water partition coefficient (Wildman–Crippen LogP) is 12.9. The van der Waals surface area contributed by atoms with Crippen LogP contribution in [0.3, 0.4) is 0 Å². The molecular weight excluding hydrogens is 567 g/mol. The molecule has 0 radical (unpaired) electrons. The molecule has 0 atom stereocenters. The Bertz CT molecular complexity index is 2500. The van der Waals surface area contributed by atoms with Crippen molar-refractivity contribution in [2.75, 3.05) is 4.90 Å². The minimum atomic E-state index is 1.13. The molecule has 0 N–H and O–H groups in total. The third-order valence-corrected chi connectivity index (χ3v) is 9.95. The first-order chi connectivity index (χ1) is 23.3. The molecule has 0 heterocycles. The van der Waals surface area contributed by atoms with Crippen molar-refractivity contribution >= 4 is 27.8 Å². The van der Waals surface area contributed by atoms with E-state index in [1.165, 1.54) is 77.5 Å². The van der Waals surface area contributed by atoms with Crippen LogP contribution < -0.4 is 4.90 Å². The van der Waals surface area contributed by atoms with Gasteiger partial charge < -0.3 is 4.90 Å². The van der Waals surface area contributed by atoms with E-state index >= 15 is 0 Å². The van der Waals surface area contributed by atoms with E-state index in [4.69, 9.17) is 0 Å². The van der Waals surface area contributed by atoms with Gasteiger partial charge in [0.05, 0.1) is 5.69 Å². The monoisotopic (exact) mass is 595 g/mol. The van der Waals surface area contributed by atoms with Gasteiger partial charge in [0.1, 0.15) is 0 Å². The molecule has 1 nitrogen and oxygen atoms in total. The zero-order valence-electron chi connectivity index (χ0n) is 25.7. The van der Waals surface area contributed by atoms with Crippen LogP contribution in [-0.4, -0.2) is 0 Å². The van der Waals surface area contributed by atoms with Crippen LogP contribution in [0, 0.1) is 0 Å². The highest BCUT2D eigenvalue weighted by Gasteiger charge is 2.31. The summed E-state index contributed by atoms with van der Waals surface area (Å²) in [7, 11) is 0. The summed E-state index contributed by atoms with van der Waals surface area (Å²) in [5, 5.41) is 2.49. The number of fused-ring (bicyclic) bond motifs is 5. The molecule has 0 aliphatic heterocycles. The van der Waals surface area contributed by atoms with Gasteiger partial charge in [-0.15, -0.1) is 0 Å². The number of nitrogens with zero attached hydrogens (tertiary/aromatic N) is 1. The lowest BCUT2D eigenvalue weighted by molar-refractivity contribution is 1.28. The molecule has 0 fully saturated rings. The second-order valence-electron chi connectivity index (χ2n) is 12.5. The summed E-state index contributed by atoms with van der Waals surface area (Å²) in [5.41, 5.74) is 18.8. The molecule has 0 aromatic heterocycles. The van der Waals surface area contributed by atoms with Crippen molar-refractivity contribution in [2.24, 2.45) is 0 Å². The van der Waals surface area contributed by atoms with Crippen LogP contribution in [0.15, 0.2) is 176 Å². The average Bonchev–Trinajstić information content (AvgIpc) is 3.25. The van der Waals surface area contributed by atoms with Crippen molar-refractivity contribution in [1.82, 2.24) is 0 Å². The summed E-state index contributed by atoms with van der Waals surface area (Å²) < 4.78 is 0. The third kappa shape index (κ3) is 3.90. The van der Waals surface area contributed by atoms with E-state index in [1.807, 2.05) is 0 Å². The van der Waals surface area contributed by atoms with Gasteiger partial charge in [-0.25, -0.2) is 0 Å². The fraction of sp³-hybridized carbons (Fsp3) is 0. The van der Waals surface area contributed by atoms with E-state index in [1.54, 1.807) is 0 Å². The van der Waals surface area contributed by atoms with Crippen LogP contribution >= 0.6 is 0 Å². The number of hydrogen-bond donors (Lipinski definition) is 0. The molecular formula is C46H29N. The van der Waals surface area contributed by atoms with Crippen molar-refractivity contribution in [3.8, 4) is 66.8 Å². The van der Waals surface area contributed by atoms with Gasteiger partial charge >= 0.3 is 0 Å². The normalized spacial score (nSPS) is 11.8. The van der Waals surface area contributed by atoms with Gasteiger partial charge in [-0.3, -0.25) is 0 Å². The maximum absolute atomic E-state index is 2.43. The summed E-state index contributed by atoms with van der Waals surface area (Å²) in [6.07, 6.45) is 0. The molecule has 8 aromatic rings. The lowest BCUT2D eigenvalue weighted by Gasteiger charge is -2.29. The molecule has 0 spiro atoms. The van der Waals surface area contributed by atoms with Crippen LogP contribution in [0.2, 0.25) is 0 Å². The van der Waals surface area contributed by atoms with Crippen molar-refractivity contribution in [2.45, 2.75) is 0 Å². The Labute approximate surface area is 274 Å². The molecule has 2 aliphatic carbocycles. The molecule has 10 rings (SSSR count). The predicted molar refractivity (Wildman–Crippen MR) is 198 cm³/mol. The van der Waals surface area contributed by atoms with Crippen LogP contribution in [0.4, 0.5) is 17.1 Å². The fourth-order valence-corrected chi connectivity index (χ4v) is 7.91. The minimum absolute atomic E-state index is 1.13. The fourth-order valence-electron chi connectivity index (χ4n) is 7.91. The number of benzene rings is 8. The summed E-state index contributed by atoms with van der Waals surface area (Å²) in [4.78, 5) is 2.42. The van der Waals surface area contributed by atoms with E-state index < -0.39 is 0 Å². The zero-order chi connectivity index (χ0) is 30.9. The smallest absolute Gasteiger partial charge is 0.0540 e. The Balaban J connectivity index is 1.24. The van der Waals surface area contributed by atoms with Gasteiger partial charge in [0.25, 0.3) is 0 Å². The average molecular weight is 596 g/mol. The first kappa shape index (κ1) is 26.1. The largest absolute Gasteiger partial charge is 0.310 e. The summed E-state index contributed by atoms with van der Waals surface area (Å²) in [6, 6.07) is 64.6. The van der Waals surface area contributed by atoms with Crippen molar-refractivity contribution in [1.29, 1.82) is 0 Å². The Morgan fingerprint density at radius 3 is 1.60 bits per heavy atom. The molecule has 8 aromatic carbocycles. The van der Waals surface area contributed by atoms with Gasteiger partial charge in [-0.05, 0) is 108 Å². The lowest BCUT2D eigenvalue weighted by atomic mass is 9.83. The molecule has 0 amide bonds. The number of hydrogen-bond acceptors (Lipinski definition) is 1. The third-order valence-electron chi connectivity index (χ3n) is 9.95.